The topological polar surface area (TPSA) is 64.1 Å². The summed E-state index contributed by atoms with van der Waals surface area (Å²) in [5, 5.41) is 3.48. The van der Waals surface area contributed by atoms with Gasteiger partial charge in [-0.2, -0.15) is 0 Å². The van der Waals surface area contributed by atoms with Gasteiger partial charge in [0.25, 0.3) is 0 Å². The van der Waals surface area contributed by atoms with Crippen molar-refractivity contribution in [2.24, 2.45) is 0 Å². The molecule has 1 rings (SSSR count). The fourth-order valence-electron chi connectivity index (χ4n) is 1.50. The van der Waals surface area contributed by atoms with Crippen LogP contribution in [0.1, 0.15) is 18.3 Å². The Morgan fingerprint density at radius 1 is 1.44 bits per heavy atom. The highest BCUT2D eigenvalue weighted by atomic mass is 32.2. The lowest BCUT2D eigenvalue weighted by Gasteiger charge is -2.12. The molecule has 100 valence electrons. The molecule has 0 spiro atoms. The van der Waals surface area contributed by atoms with Crippen LogP contribution < -0.4 is 5.32 Å². The summed E-state index contributed by atoms with van der Waals surface area (Å²) >= 11 is 1.34. The number of hydrogen-bond donors (Lipinski definition) is 1. The molecular formula is C12H19N3O2S. The van der Waals surface area contributed by atoms with Crippen LogP contribution >= 0.6 is 11.8 Å². The van der Waals surface area contributed by atoms with Crippen LogP contribution in [-0.4, -0.2) is 41.4 Å². The monoisotopic (exact) mass is 269 g/mol. The van der Waals surface area contributed by atoms with Crippen molar-refractivity contribution in [2.75, 3.05) is 19.5 Å². The predicted molar refractivity (Wildman–Crippen MR) is 71.7 cm³/mol. The van der Waals surface area contributed by atoms with Crippen molar-refractivity contribution in [3.05, 3.63) is 17.5 Å². The number of amides is 1. The third-order valence-electron chi connectivity index (χ3n) is 2.12. The summed E-state index contributed by atoms with van der Waals surface area (Å²) in [6, 6.07) is 1.92. The van der Waals surface area contributed by atoms with Crippen LogP contribution in [0.15, 0.2) is 11.2 Å². The van der Waals surface area contributed by atoms with Crippen LogP contribution in [0, 0.1) is 13.8 Å². The standard InChI is InChI=1S/C12H19N3O2S/c1-8-5-9(2)15-12(14-8)18-7-11(16)13-10(3)6-17-4/h5,10H,6-7H2,1-4H3,(H,13,16)/t10-/m0/s1. The summed E-state index contributed by atoms with van der Waals surface area (Å²) in [4.78, 5) is 20.2. The highest BCUT2D eigenvalue weighted by Gasteiger charge is 2.09. The van der Waals surface area contributed by atoms with Gasteiger partial charge in [0, 0.05) is 24.5 Å². The van der Waals surface area contributed by atoms with Crippen LogP contribution in [0.2, 0.25) is 0 Å². The van der Waals surface area contributed by atoms with Gasteiger partial charge >= 0.3 is 0 Å². The zero-order chi connectivity index (χ0) is 13.5. The van der Waals surface area contributed by atoms with Crippen LogP contribution in [0.3, 0.4) is 0 Å². The maximum absolute atomic E-state index is 11.6. The van der Waals surface area contributed by atoms with E-state index in [2.05, 4.69) is 15.3 Å². The molecule has 0 fully saturated rings. The predicted octanol–water partition coefficient (Wildman–Crippen LogP) is 1.34. The highest BCUT2D eigenvalue weighted by Crippen LogP contribution is 2.13. The quantitative estimate of drug-likeness (QED) is 0.623. The number of nitrogens with zero attached hydrogens (tertiary/aromatic N) is 2. The van der Waals surface area contributed by atoms with Crippen molar-refractivity contribution >= 4 is 17.7 Å². The Bertz CT molecular complexity index is 392. The number of carbonyl (C=O) groups excluding carboxylic acids is 1. The number of aromatic nitrogens is 2. The second-order valence-corrected chi connectivity index (χ2v) is 5.09. The Morgan fingerprint density at radius 3 is 2.61 bits per heavy atom. The van der Waals surface area contributed by atoms with Crippen molar-refractivity contribution in [2.45, 2.75) is 32.0 Å². The van der Waals surface area contributed by atoms with Gasteiger partial charge in [-0.15, -0.1) is 0 Å². The van der Waals surface area contributed by atoms with Crippen LogP contribution in [0.5, 0.6) is 0 Å². The molecule has 6 heteroatoms. The second kappa shape index (κ2) is 7.33. The van der Waals surface area contributed by atoms with Gasteiger partial charge in [0.15, 0.2) is 5.16 Å². The lowest BCUT2D eigenvalue weighted by molar-refractivity contribution is -0.119. The van der Waals surface area contributed by atoms with E-state index in [-0.39, 0.29) is 11.9 Å². The Labute approximate surface area is 112 Å². The van der Waals surface area contributed by atoms with Crippen molar-refractivity contribution in [3.63, 3.8) is 0 Å². The van der Waals surface area contributed by atoms with Gasteiger partial charge in [-0.3, -0.25) is 4.79 Å². The summed E-state index contributed by atoms with van der Waals surface area (Å²) < 4.78 is 4.95. The molecule has 0 aliphatic heterocycles. The minimum absolute atomic E-state index is 0.0169. The SMILES string of the molecule is COC[C@H](C)NC(=O)CSc1nc(C)cc(C)n1. The molecule has 1 aromatic rings. The van der Waals surface area contributed by atoms with E-state index in [1.54, 1.807) is 7.11 Å². The number of rotatable bonds is 6. The molecule has 1 aromatic heterocycles. The number of carbonyl (C=O) groups is 1. The van der Waals surface area contributed by atoms with Crippen LogP contribution in [-0.2, 0) is 9.53 Å². The van der Waals surface area contributed by atoms with Gasteiger partial charge in [0.05, 0.1) is 12.4 Å². The summed E-state index contributed by atoms with van der Waals surface area (Å²) in [7, 11) is 1.61. The van der Waals surface area contributed by atoms with E-state index >= 15 is 0 Å². The van der Waals surface area contributed by atoms with E-state index in [0.29, 0.717) is 17.5 Å². The molecule has 0 radical (unpaired) electrons. The molecule has 0 saturated carbocycles. The van der Waals surface area contributed by atoms with Crippen LogP contribution in [0.25, 0.3) is 0 Å². The van der Waals surface area contributed by atoms with E-state index in [1.807, 2.05) is 26.8 Å². The summed E-state index contributed by atoms with van der Waals surface area (Å²) in [6.45, 7) is 6.24. The number of nitrogens with one attached hydrogen (secondary N) is 1. The first-order valence-electron chi connectivity index (χ1n) is 5.74. The van der Waals surface area contributed by atoms with Crippen LogP contribution in [0.4, 0.5) is 0 Å². The normalized spacial score (nSPS) is 12.2. The Kier molecular flexibility index (Phi) is 6.07. The summed E-state index contributed by atoms with van der Waals surface area (Å²) in [5.41, 5.74) is 1.83. The van der Waals surface area contributed by atoms with E-state index in [1.165, 1.54) is 11.8 Å². The fraction of sp³-hybridized carbons (Fsp3) is 0.583. The maximum atomic E-state index is 11.6. The second-order valence-electron chi connectivity index (χ2n) is 4.15. The van der Waals surface area contributed by atoms with Crippen molar-refractivity contribution in [1.29, 1.82) is 0 Å². The fourth-order valence-corrected chi connectivity index (χ4v) is 2.26. The van der Waals surface area contributed by atoms with Crippen molar-refractivity contribution < 1.29 is 9.53 Å². The van der Waals surface area contributed by atoms with Crippen molar-refractivity contribution in [3.8, 4) is 0 Å². The average Bonchev–Trinajstić information content (AvgIpc) is 2.25. The molecule has 0 bridgehead atoms. The van der Waals surface area contributed by atoms with E-state index < -0.39 is 0 Å². The number of thioether (sulfide) groups is 1. The van der Waals surface area contributed by atoms with Gasteiger partial charge < -0.3 is 10.1 Å². The molecule has 1 atom stereocenters. The molecule has 1 N–H and O–H groups in total. The molecule has 0 aliphatic carbocycles. The minimum atomic E-state index is -0.0349. The average molecular weight is 269 g/mol. The summed E-state index contributed by atoms with van der Waals surface area (Å²) in [6.07, 6.45) is 0. The highest BCUT2D eigenvalue weighted by molar-refractivity contribution is 7.99. The molecule has 0 aromatic carbocycles. The van der Waals surface area contributed by atoms with E-state index in [9.17, 15) is 4.79 Å². The Hall–Kier alpha value is -1.14. The summed E-state index contributed by atoms with van der Waals surface area (Å²) in [5.74, 6) is 0.282. The smallest absolute Gasteiger partial charge is 0.230 e. The van der Waals surface area contributed by atoms with E-state index in [4.69, 9.17) is 4.74 Å². The lowest BCUT2D eigenvalue weighted by atomic mass is 10.3. The van der Waals surface area contributed by atoms with Gasteiger partial charge in [-0.25, -0.2) is 9.97 Å². The molecule has 0 saturated heterocycles. The molecule has 5 nitrogen and oxygen atoms in total. The number of aryl methyl sites for hydroxylation is 2. The third kappa shape index (κ3) is 5.46. The molecule has 1 heterocycles. The molecular weight excluding hydrogens is 250 g/mol. The van der Waals surface area contributed by atoms with Gasteiger partial charge in [-0.05, 0) is 26.8 Å². The van der Waals surface area contributed by atoms with E-state index in [0.717, 1.165) is 11.4 Å². The number of methoxy groups -OCH3 is 1. The number of hydrogen-bond acceptors (Lipinski definition) is 5. The Balaban J connectivity index is 2.42. The van der Waals surface area contributed by atoms with Crippen molar-refractivity contribution in [1.82, 2.24) is 15.3 Å². The molecule has 0 unspecified atom stereocenters. The lowest BCUT2D eigenvalue weighted by Crippen LogP contribution is -2.36. The van der Waals surface area contributed by atoms with Gasteiger partial charge in [0.1, 0.15) is 0 Å². The minimum Gasteiger partial charge on any atom is -0.383 e. The zero-order valence-corrected chi connectivity index (χ0v) is 12.0. The van der Waals surface area contributed by atoms with Gasteiger partial charge in [-0.1, -0.05) is 11.8 Å². The first-order valence-corrected chi connectivity index (χ1v) is 6.73. The maximum Gasteiger partial charge on any atom is 0.230 e. The number of ether oxygens (including phenoxy) is 1. The molecule has 0 aliphatic rings. The third-order valence-corrected chi connectivity index (χ3v) is 2.97. The molecule has 18 heavy (non-hydrogen) atoms. The Morgan fingerprint density at radius 2 is 2.06 bits per heavy atom. The first-order chi connectivity index (χ1) is 8.51. The largest absolute Gasteiger partial charge is 0.383 e. The zero-order valence-electron chi connectivity index (χ0n) is 11.2. The first kappa shape index (κ1) is 14.9. The molecule has 1 amide bonds. The van der Waals surface area contributed by atoms with Gasteiger partial charge in [0.2, 0.25) is 5.91 Å².